The van der Waals surface area contributed by atoms with Crippen molar-refractivity contribution in [3.8, 4) is 0 Å². The van der Waals surface area contributed by atoms with Crippen molar-refractivity contribution >= 4 is 11.3 Å². The molecule has 104 valence electrons. The molecule has 18 heavy (non-hydrogen) atoms. The summed E-state index contributed by atoms with van der Waals surface area (Å²) in [7, 11) is 0. The first kappa shape index (κ1) is 15.7. The Labute approximate surface area is 117 Å². The zero-order chi connectivity index (χ0) is 13.8. The van der Waals surface area contributed by atoms with E-state index in [1.54, 1.807) is 0 Å². The second kappa shape index (κ2) is 6.72. The topological polar surface area (TPSA) is 12.0 Å². The van der Waals surface area contributed by atoms with Gasteiger partial charge in [-0.15, -0.1) is 11.3 Å². The van der Waals surface area contributed by atoms with E-state index in [2.05, 4.69) is 59.0 Å². The van der Waals surface area contributed by atoms with E-state index in [1.165, 1.54) is 22.6 Å². The van der Waals surface area contributed by atoms with Crippen molar-refractivity contribution in [2.24, 2.45) is 11.3 Å². The van der Waals surface area contributed by atoms with Crippen molar-refractivity contribution in [1.29, 1.82) is 0 Å². The molecule has 0 radical (unpaired) electrons. The maximum absolute atomic E-state index is 3.64. The predicted molar refractivity (Wildman–Crippen MR) is 83.3 cm³/mol. The van der Waals surface area contributed by atoms with Crippen LogP contribution in [0.5, 0.6) is 0 Å². The van der Waals surface area contributed by atoms with Gasteiger partial charge in [0.05, 0.1) is 0 Å². The van der Waals surface area contributed by atoms with Gasteiger partial charge in [-0.05, 0) is 49.8 Å². The minimum atomic E-state index is 0.432. The zero-order valence-corrected chi connectivity index (χ0v) is 13.7. The average molecular weight is 267 g/mol. The molecule has 0 aliphatic carbocycles. The van der Waals surface area contributed by atoms with Crippen molar-refractivity contribution < 1.29 is 0 Å². The lowest BCUT2D eigenvalue weighted by Gasteiger charge is -2.26. The number of aryl methyl sites for hydroxylation is 1. The Morgan fingerprint density at radius 1 is 1.28 bits per heavy atom. The van der Waals surface area contributed by atoms with Gasteiger partial charge in [-0.25, -0.2) is 0 Å². The maximum atomic E-state index is 3.64. The Hall–Kier alpha value is -0.340. The highest BCUT2D eigenvalue weighted by Crippen LogP contribution is 2.32. The van der Waals surface area contributed by atoms with Crippen LogP contribution in [0.4, 0.5) is 0 Å². The Kier molecular flexibility index (Phi) is 5.87. The van der Waals surface area contributed by atoms with E-state index in [1.807, 2.05) is 11.3 Å². The van der Waals surface area contributed by atoms with E-state index in [-0.39, 0.29) is 0 Å². The maximum Gasteiger partial charge on any atom is 0.0417 e. The predicted octanol–water partition coefficient (Wildman–Crippen LogP) is 5.17. The van der Waals surface area contributed by atoms with Gasteiger partial charge in [-0.1, -0.05) is 34.6 Å². The first-order valence-electron chi connectivity index (χ1n) is 7.11. The molecule has 0 amide bonds. The van der Waals surface area contributed by atoms with Gasteiger partial charge in [-0.3, -0.25) is 0 Å². The quantitative estimate of drug-likeness (QED) is 0.750. The molecule has 1 nitrogen and oxygen atoms in total. The molecule has 2 heteroatoms. The Balaban J connectivity index is 2.63. The molecule has 0 aliphatic heterocycles. The largest absolute Gasteiger partial charge is 0.310 e. The number of thiophene rings is 1. The van der Waals surface area contributed by atoms with Crippen LogP contribution >= 0.6 is 11.3 Å². The number of nitrogens with one attached hydrogen (secondary N) is 1. The van der Waals surface area contributed by atoms with Gasteiger partial charge < -0.3 is 5.32 Å². The molecule has 0 saturated carbocycles. The molecule has 2 atom stereocenters. The number of hydrogen-bond acceptors (Lipinski definition) is 2. The van der Waals surface area contributed by atoms with Crippen LogP contribution in [0.2, 0.25) is 0 Å². The Morgan fingerprint density at radius 3 is 2.39 bits per heavy atom. The third kappa shape index (κ3) is 5.53. The van der Waals surface area contributed by atoms with Gasteiger partial charge in [0.15, 0.2) is 0 Å². The van der Waals surface area contributed by atoms with Crippen LogP contribution in [0.15, 0.2) is 12.1 Å². The average Bonchev–Trinajstić information content (AvgIpc) is 2.61. The fraction of sp³-hybridized carbons (Fsp3) is 0.750. The molecule has 1 aromatic rings. The summed E-state index contributed by atoms with van der Waals surface area (Å²) in [6.45, 7) is 14.8. The molecule has 0 aliphatic rings. The number of hydrogen-bond donors (Lipinski definition) is 1. The highest BCUT2D eigenvalue weighted by Gasteiger charge is 2.20. The van der Waals surface area contributed by atoms with Gasteiger partial charge >= 0.3 is 0 Å². The molecule has 0 spiro atoms. The summed E-state index contributed by atoms with van der Waals surface area (Å²) >= 11 is 1.93. The monoisotopic (exact) mass is 267 g/mol. The van der Waals surface area contributed by atoms with Crippen molar-refractivity contribution in [3.05, 3.63) is 21.9 Å². The van der Waals surface area contributed by atoms with Crippen LogP contribution in [0.1, 0.15) is 63.3 Å². The van der Waals surface area contributed by atoms with Gasteiger partial charge in [0.2, 0.25) is 0 Å². The SMILES string of the molecule is CCNC(CC(C)CC(C)(C)C)c1ccc(C)s1. The first-order chi connectivity index (χ1) is 8.31. The molecule has 1 rings (SSSR count). The summed E-state index contributed by atoms with van der Waals surface area (Å²) in [5.41, 5.74) is 0.432. The van der Waals surface area contributed by atoms with Gasteiger partial charge in [0, 0.05) is 15.8 Å². The molecule has 1 aromatic heterocycles. The lowest BCUT2D eigenvalue weighted by Crippen LogP contribution is -2.23. The second-order valence-corrected chi connectivity index (χ2v) is 7.98. The summed E-state index contributed by atoms with van der Waals surface area (Å²) in [6, 6.07) is 5.06. The van der Waals surface area contributed by atoms with Crippen molar-refractivity contribution in [1.82, 2.24) is 5.32 Å². The van der Waals surface area contributed by atoms with E-state index in [0.717, 1.165) is 12.5 Å². The Bertz CT molecular complexity index is 348. The van der Waals surface area contributed by atoms with Gasteiger partial charge in [0.1, 0.15) is 0 Å². The van der Waals surface area contributed by atoms with Crippen molar-refractivity contribution in [3.63, 3.8) is 0 Å². The number of rotatable bonds is 6. The third-order valence-corrected chi connectivity index (χ3v) is 4.27. The van der Waals surface area contributed by atoms with E-state index >= 15 is 0 Å². The molecule has 1 heterocycles. The summed E-state index contributed by atoms with van der Waals surface area (Å²) in [6.07, 6.45) is 2.53. The summed E-state index contributed by atoms with van der Waals surface area (Å²) in [5, 5.41) is 3.64. The smallest absolute Gasteiger partial charge is 0.0417 e. The molecule has 1 N–H and O–H groups in total. The highest BCUT2D eigenvalue weighted by atomic mass is 32.1. The first-order valence-corrected chi connectivity index (χ1v) is 7.93. The summed E-state index contributed by atoms with van der Waals surface area (Å²) in [4.78, 5) is 2.91. The molecule has 0 saturated heterocycles. The molecule has 2 unspecified atom stereocenters. The minimum Gasteiger partial charge on any atom is -0.310 e. The minimum absolute atomic E-state index is 0.432. The Morgan fingerprint density at radius 2 is 1.94 bits per heavy atom. The zero-order valence-electron chi connectivity index (χ0n) is 12.8. The van der Waals surface area contributed by atoms with Crippen LogP contribution in [-0.4, -0.2) is 6.54 Å². The van der Waals surface area contributed by atoms with E-state index in [4.69, 9.17) is 0 Å². The lowest BCUT2D eigenvalue weighted by atomic mass is 9.83. The fourth-order valence-corrected chi connectivity index (χ4v) is 3.68. The molecule has 0 fully saturated rings. The van der Waals surface area contributed by atoms with Crippen LogP contribution in [0, 0.1) is 18.3 Å². The third-order valence-electron chi connectivity index (χ3n) is 3.15. The normalized spacial score (nSPS) is 15.7. The van der Waals surface area contributed by atoms with E-state index in [0.29, 0.717) is 11.5 Å². The lowest BCUT2D eigenvalue weighted by molar-refractivity contribution is 0.277. The van der Waals surface area contributed by atoms with E-state index in [9.17, 15) is 0 Å². The van der Waals surface area contributed by atoms with Gasteiger partial charge in [-0.2, -0.15) is 0 Å². The second-order valence-electron chi connectivity index (χ2n) is 6.66. The molecular formula is C16H29NS. The van der Waals surface area contributed by atoms with Crippen molar-refractivity contribution in [2.45, 2.75) is 60.4 Å². The van der Waals surface area contributed by atoms with E-state index < -0.39 is 0 Å². The summed E-state index contributed by atoms with van der Waals surface area (Å²) < 4.78 is 0. The van der Waals surface area contributed by atoms with Crippen LogP contribution in [0.3, 0.4) is 0 Å². The molecule has 0 bridgehead atoms. The standard InChI is InChI=1S/C16H29NS/c1-7-17-14(15-9-8-13(3)18-15)10-12(2)11-16(4,5)6/h8-9,12,14,17H,7,10-11H2,1-6H3. The van der Waals surface area contributed by atoms with Crippen LogP contribution in [-0.2, 0) is 0 Å². The highest BCUT2D eigenvalue weighted by molar-refractivity contribution is 7.12. The van der Waals surface area contributed by atoms with Crippen LogP contribution < -0.4 is 5.32 Å². The van der Waals surface area contributed by atoms with Crippen LogP contribution in [0.25, 0.3) is 0 Å². The van der Waals surface area contributed by atoms with Gasteiger partial charge in [0.25, 0.3) is 0 Å². The fourth-order valence-electron chi connectivity index (χ4n) is 2.72. The van der Waals surface area contributed by atoms with Crippen molar-refractivity contribution in [2.75, 3.05) is 6.54 Å². The summed E-state index contributed by atoms with van der Waals surface area (Å²) in [5.74, 6) is 0.761. The molecule has 0 aromatic carbocycles. The molecular weight excluding hydrogens is 238 g/mol.